The standard InChI is InChI=1S/C10H20N2O2Si/c1-6-10(7-2)8(13)11-12-9(10)14-15(3,4)5/h6-7H2,1-5H3,(H,11,13). The van der Waals surface area contributed by atoms with Gasteiger partial charge in [0.15, 0.2) is 0 Å². The lowest BCUT2D eigenvalue weighted by Gasteiger charge is -2.29. The van der Waals surface area contributed by atoms with E-state index in [4.69, 9.17) is 4.43 Å². The average Bonchev–Trinajstić information content (AvgIpc) is 2.42. The molecule has 15 heavy (non-hydrogen) atoms. The zero-order chi connectivity index (χ0) is 11.7. The normalized spacial score (nSPS) is 19.8. The third kappa shape index (κ3) is 2.22. The number of carbonyl (C=O) groups excluding carboxylic acids is 1. The van der Waals surface area contributed by atoms with E-state index in [0.29, 0.717) is 5.90 Å². The second-order valence-corrected chi connectivity index (χ2v) is 9.29. The van der Waals surface area contributed by atoms with E-state index in [1.165, 1.54) is 0 Å². The minimum atomic E-state index is -1.70. The summed E-state index contributed by atoms with van der Waals surface area (Å²) in [6, 6.07) is 0. The molecule has 0 aromatic rings. The molecule has 0 unspecified atom stereocenters. The Bertz CT molecular complexity index is 290. The fraction of sp³-hybridized carbons (Fsp3) is 0.800. The van der Waals surface area contributed by atoms with E-state index in [-0.39, 0.29) is 5.91 Å². The van der Waals surface area contributed by atoms with Crippen LogP contribution in [0.3, 0.4) is 0 Å². The second kappa shape index (κ2) is 3.96. The average molecular weight is 228 g/mol. The Morgan fingerprint density at radius 2 is 1.87 bits per heavy atom. The van der Waals surface area contributed by atoms with Gasteiger partial charge in [-0.2, -0.15) is 0 Å². The molecular formula is C10H20N2O2Si. The molecule has 0 saturated heterocycles. The van der Waals surface area contributed by atoms with Gasteiger partial charge in [-0.25, -0.2) is 5.43 Å². The molecule has 0 aromatic carbocycles. The van der Waals surface area contributed by atoms with E-state index in [1.807, 2.05) is 13.8 Å². The minimum Gasteiger partial charge on any atom is -0.533 e. The van der Waals surface area contributed by atoms with Crippen LogP contribution < -0.4 is 5.43 Å². The van der Waals surface area contributed by atoms with Gasteiger partial charge in [-0.05, 0) is 32.5 Å². The highest BCUT2D eigenvalue weighted by Gasteiger charge is 2.47. The summed E-state index contributed by atoms with van der Waals surface area (Å²) >= 11 is 0. The largest absolute Gasteiger partial charge is 0.533 e. The van der Waals surface area contributed by atoms with Crippen molar-refractivity contribution in [2.75, 3.05) is 0 Å². The predicted octanol–water partition coefficient (Wildman–Crippen LogP) is 2.09. The lowest BCUT2D eigenvalue weighted by molar-refractivity contribution is -0.126. The number of nitrogens with zero attached hydrogens (tertiary/aromatic N) is 1. The second-order valence-electron chi connectivity index (χ2n) is 4.86. The van der Waals surface area contributed by atoms with E-state index in [2.05, 4.69) is 30.2 Å². The molecule has 4 nitrogen and oxygen atoms in total. The Hall–Kier alpha value is -0.843. The van der Waals surface area contributed by atoms with E-state index in [0.717, 1.165) is 12.8 Å². The van der Waals surface area contributed by atoms with Crippen LogP contribution in [0.1, 0.15) is 26.7 Å². The van der Waals surface area contributed by atoms with Crippen LogP contribution in [0, 0.1) is 5.41 Å². The van der Waals surface area contributed by atoms with Crippen molar-refractivity contribution in [3.8, 4) is 0 Å². The molecule has 0 radical (unpaired) electrons. The predicted molar refractivity (Wildman–Crippen MR) is 63.0 cm³/mol. The molecule has 5 heteroatoms. The van der Waals surface area contributed by atoms with Gasteiger partial charge in [-0.15, -0.1) is 5.10 Å². The van der Waals surface area contributed by atoms with Crippen molar-refractivity contribution in [1.29, 1.82) is 0 Å². The number of hydrogen-bond donors (Lipinski definition) is 1. The Morgan fingerprint density at radius 1 is 1.33 bits per heavy atom. The molecule has 1 N–H and O–H groups in total. The van der Waals surface area contributed by atoms with Crippen LogP contribution in [0.15, 0.2) is 5.10 Å². The lowest BCUT2D eigenvalue weighted by atomic mass is 9.82. The van der Waals surface area contributed by atoms with Crippen molar-refractivity contribution in [3.05, 3.63) is 0 Å². The molecule has 0 bridgehead atoms. The molecule has 0 saturated carbocycles. The molecular weight excluding hydrogens is 208 g/mol. The maximum absolute atomic E-state index is 11.8. The summed E-state index contributed by atoms with van der Waals surface area (Å²) in [4.78, 5) is 11.8. The van der Waals surface area contributed by atoms with Gasteiger partial charge in [0.2, 0.25) is 14.2 Å². The summed E-state index contributed by atoms with van der Waals surface area (Å²) < 4.78 is 5.87. The molecule has 1 amide bonds. The highest BCUT2D eigenvalue weighted by atomic mass is 28.4. The fourth-order valence-electron chi connectivity index (χ4n) is 1.70. The fourth-order valence-corrected chi connectivity index (χ4v) is 2.52. The summed E-state index contributed by atoms with van der Waals surface area (Å²) in [5.74, 6) is 0.567. The van der Waals surface area contributed by atoms with Gasteiger partial charge in [0, 0.05) is 0 Å². The van der Waals surface area contributed by atoms with E-state index >= 15 is 0 Å². The monoisotopic (exact) mass is 228 g/mol. The Balaban J connectivity index is 2.93. The number of hydrazone groups is 1. The number of rotatable bonds is 3. The SMILES string of the molecule is CCC1(CC)C(=O)NN=C1O[Si](C)(C)C. The van der Waals surface area contributed by atoms with Crippen LogP contribution in [0.2, 0.25) is 19.6 Å². The summed E-state index contributed by atoms with van der Waals surface area (Å²) in [7, 11) is -1.70. The summed E-state index contributed by atoms with van der Waals surface area (Å²) in [6.45, 7) is 10.3. The zero-order valence-electron chi connectivity index (χ0n) is 10.2. The van der Waals surface area contributed by atoms with Crippen molar-refractivity contribution in [2.24, 2.45) is 10.5 Å². The number of nitrogens with one attached hydrogen (secondary N) is 1. The van der Waals surface area contributed by atoms with E-state index in [9.17, 15) is 4.79 Å². The van der Waals surface area contributed by atoms with Gasteiger partial charge in [0.25, 0.3) is 5.91 Å². The smallest absolute Gasteiger partial charge is 0.255 e. The molecule has 1 heterocycles. The van der Waals surface area contributed by atoms with Crippen molar-refractivity contribution in [3.63, 3.8) is 0 Å². The highest BCUT2D eigenvalue weighted by Crippen LogP contribution is 2.33. The molecule has 0 spiro atoms. The molecule has 1 aliphatic heterocycles. The van der Waals surface area contributed by atoms with Crippen LogP contribution in [0.4, 0.5) is 0 Å². The van der Waals surface area contributed by atoms with Crippen LogP contribution in [0.25, 0.3) is 0 Å². The first-order valence-corrected chi connectivity index (χ1v) is 8.84. The maximum atomic E-state index is 11.8. The van der Waals surface area contributed by atoms with Gasteiger partial charge in [-0.3, -0.25) is 4.79 Å². The molecule has 1 rings (SSSR count). The first kappa shape index (κ1) is 12.2. The minimum absolute atomic E-state index is 0.0271. The molecule has 0 fully saturated rings. The number of carbonyl (C=O) groups is 1. The molecule has 86 valence electrons. The van der Waals surface area contributed by atoms with E-state index in [1.54, 1.807) is 0 Å². The van der Waals surface area contributed by atoms with Gasteiger partial charge in [0.05, 0.1) is 0 Å². The van der Waals surface area contributed by atoms with Gasteiger partial charge >= 0.3 is 0 Å². The van der Waals surface area contributed by atoms with Crippen molar-refractivity contribution >= 4 is 20.1 Å². The van der Waals surface area contributed by atoms with E-state index < -0.39 is 13.7 Å². The van der Waals surface area contributed by atoms with Crippen molar-refractivity contribution in [2.45, 2.75) is 46.3 Å². The van der Waals surface area contributed by atoms with Crippen LogP contribution in [-0.2, 0) is 9.22 Å². The van der Waals surface area contributed by atoms with Gasteiger partial charge < -0.3 is 4.43 Å². The van der Waals surface area contributed by atoms with Crippen molar-refractivity contribution < 1.29 is 9.22 Å². The van der Waals surface area contributed by atoms with Gasteiger partial charge in [-0.1, -0.05) is 13.8 Å². The van der Waals surface area contributed by atoms with Crippen LogP contribution >= 0.6 is 0 Å². The van der Waals surface area contributed by atoms with Gasteiger partial charge in [0.1, 0.15) is 5.41 Å². The van der Waals surface area contributed by atoms with Crippen LogP contribution in [0.5, 0.6) is 0 Å². The summed E-state index contributed by atoms with van der Waals surface area (Å²) in [5, 5.41) is 4.03. The molecule has 0 aromatic heterocycles. The number of amides is 1. The van der Waals surface area contributed by atoms with Crippen LogP contribution in [-0.4, -0.2) is 20.1 Å². The highest BCUT2D eigenvalue weighted by molar-refractivity contribution is 6.71. The first-order chi connectivity index (χ1) is 6.85. The third-order valence-corrected chi connectivity index (χ3v) is 3.52. The zero-order valence-corrected chi connectivity index (χ0v) is 11.2. The Kier molecular flexibility index (Phi) is 3.23. The Morgan fingerprint density at radius 3 is 2.27 bits per heavy atom. The molecule has 1 aliphatic rings. The summed E-state index contributed by atoms with van der Waals surface area (Å²) in [6.07, 6.45) is 1.47. The molecule has 0 atom stereocenters. The first-order valence-electron chi connectivity index (χ1n) is 5.43. The maximum Gasteiger partial charge on any atom is 0.255 e. The summed E-state index contributed by atoms with van der Waals surface area (Å²) in [5.41, 5.74) is 2.00. The molecule has 0 aliphatic carbocycles. The topological polar surface area (TPSA) is 50.7 Å². The quantitative estimate of drug-likeness (QED) is 0.752. The Labute approximate surface area is 92.2 Å². The van der Waals surface area contributed by atoms with Crippen molar-refractivity contribution in [1.82, 2.24) is 5.43 Å². The third-order valence-electron chi connectivity index (χ3n) is 2.71. The lowest BCUT2D eigenvalue weighted by Crippen LogP contribution is -2.42. The number of hydrogen-bond acceptors (Lipinski definition) is 3.